The van der Waals surface area contributed by atoms with Gasteiger partial charge in [0.25, 0.3) is 0 Å². The van der Waals surface area contributed by atoms with E-state index in [0.717, 1.165) is 0 Å². The van der Waals surface area contributed by atoms with E-state index in [1.54, 1.807) is 31.3 Å². The van der Waals surface area contributed by atoms with Gasteiger partial charge in [0.05, 0.1) is 0 Å². The van der Waals surface area contributed by atoms with Crippen molar-refractivity contribution in [3.8, 4) is 5.75 Å². The van der Waals surface area contributed by atoms with Crippen molar-refractivity contribution < 1.29 is 5.11 Å². The molecule has 0 atom stereocenters. The zero-order chi connectivity index (χ0) is 7.82. The molecule has 0 heterocycles. The first-order chi connectivity index (χ1) is 4.81. The number of aromatic hydroxyl groups is 1. The van der Waals surface area contributed by atoms with Crippen molar-refractivity contribution in [2.24, 2.45) is 0 Å². The lowest BCUT2D eigenvalue weighted by atomic mass is 10.3. The van der Waals surface area contributed by atoms with Crippen molar-refractivity contribution in [3.63, 3.8) is 0 Å². The van der Waals surface area contributed by atoms with Crippen LogP contribution in [0.5, 0.6) is 5.75 Å². The van der Waals surface area contributed by atoms with Gasteiger partial charge in [-0.1, -0.05) is 18.2 Å². The second-order valence-corrected chi connectivity index (χ2v) is 1.90. The van der Waals surface area contributed by atoms with Crippen LogP contribution in [0.15, 0.2) is 30.3 Å². The second kappa shape index (κ2) is 6.39. The topological polar surface area (TPSA) is 32.3 Å². The van der Waals surface area contributed by atoms with Crippen LogP contribution in [0, 0.1) is 0 Å². The maximum Gasteiger partial charge on any atom is 0.115 e. The highest BCUT2D eigenvalue weighted by atomic mass is 35.5. The van der Waals surface area contributed by atoms with Crippen LogP contribution in [0.2, 0.25) is 0 Å². The monoisotopic (exact) mass is 159 g/mol. The Morgan fingerprint density at radius 3 is 1.90 bits per heavy atom. The molecule has 0 saturated heterocycles. The van der Waals surface area contributed by atoms with Gasteiger partial charge in [0.2, 0.25) is 0 Å². The molecule has 0 radical (unpaired) electrons. The average Bonchev–Trinajstić information content (AvgIpc) is 1.91. The van der Waals surface area contributed by atoms with Gasteiger partial charge in [0.15, 0.2) is 0 Å². The lowest BCUT2D eigenvalue weighted by molar-refractivity contribution is 0.475. The summed E-state index contributed by atoms with van der Waals surface area (Å²) in [6, 6.07) is 8.71. The summed E-state index contributed by atoms with van der Waals surface area (Å²) in [7, 11) is 1.64. The number of phenols is 1. The van der Waals surface area contributed by atoms with Gasteiger partial charge in [-0.05, 0) is 31.0 Å². The zero-order valence-corrected chi connectivity index (χ0v) is 6.47. The smallest absolute Gasteiger partial charge is 0.115 e. The van der Waals surface area contributed by atoms with Gasteiger partial charge in [0.1, 0.15) is 5.75 Å². The minimum Gasteiger partial charge on any atom is -0.508 e. The Balaban J connectivity index is 0.000000236. The van der Waals surface area contributed by atoms with E-state index in [1.807, 2.05) is 6.07 Å². The van der Waals surface area contributed by atoms with Crippen LogP contribution in [0.25, 0.3) is 0 Å². The molecule has 0 bridgehead atoms. The van der Waals surface area contributed by atoms with Gasteiger partial charge in [-0.15, -0.1) is 0 Å². The molecule has 0 aliphatic heterocycles. The fourth-order valence-corrected chi connectivity index (χ4v) is 0.428. The Morgan fingerprint density at radius 1 is 1.30 bits per heavy atom. The minimum atomic E-state index is 0.322. The van der Waals surface area contributed by atoms with Crippen LogP contribution in [0.3, 0.4) is 0 Å². The van der Waals surface area contributed by atoms with E-state index in [1.165, 1.54) is 0 Å². The number of hydrogen-bond acceptors (Lipinski definition) is 2. The third-order valence-corrected chi connectivity index (χ3v) is 0.756. The molecule has 56 valence electrons. The molecule has 10 heavy (non-hydrogen) atoms. The van der Waals surface area contributed by atoms with E-state index in [0.29, 0.717) is 5.75 Å². The molecule has 1 aromatic rings. The summed E-state index contributed by atoms with van der Waals surface area (Å²) in [6.45, 7) is 0. The maximum atomic E-state index is 8.63. The molecule has 3 heteroatoms. The molecule has 0 unspecified atom stereocenters. The third kappa shape index (κ3) is 5.41. The Morgan fingerprint density at radius 2 is 1.70 bits per heavy atom. The minimum absolute atomic E-state index is 0.322. The summed E-state index contributed by atoms with van der Waals surface area (Å²) in [6.07, 6.45) is 0. The van der Waals surface area contributed by atoms with E-state index < -0.39 is 0 Å². The van der Waals surface area contributed by atoms with E-state index in [4.69, 9.17) is 16.9 Å². The van der Waals surface area contributed by atoms with Crippen LogP contribution in [-0.4, -0.2) is 12.2 Å². The van der Waals surface area contributed by atoms with Crippen LogP contribution in [0.4, 0.5) is 0 Å². The van der Waals surface area contributed by atoms with Gasteiger partial charge >= 0.3 is 0 Å². The highest BCUT2D eigenvalue weighted by Crippen LogP contribution is 2.02. The molecule has 0 amide bonds. The largest absolute Gasteiger partial charge is 0.508 e. The molecule has 1 aromatic carbocycles. The summed E-state index contributed by atoms with van der Waals surface area (Å²) in [4.78, 5) is 2.22. The normalized spacial score (nSPS) is 7.80. The van der Waals surface area contributed by atoms with E-state index in [2.05, 4.69) is 4.84 Å². The lowest BCUT2D eigenvalue weighted by Crippen LogP contribution is -1.76. The lowest BCUT2D eigenvalue weighted by Gasteiger charge is -1.82. The van der Waals surface area contributed by atoms with Crippen molar-refractivity contribution in [2.75, 3.05) is 7.05 Å². The fraction of sp³-hybridized carbons (Fsp3) is 0.143. The first kappa shape index (κ1) is 9.27. The third-order valence-electron chi connectivity index (χ3n) is 0.756. The molecule has 2 N–H and O–H groups in total. The summed E-state index contributed by atoms with van der Waals surface area (Å²) < 4.78 is 0. The molecule has 2 nitrogen and oxygen atoms in total. The Hall–Kier alpha value is -0.730. The Kier molecular flexibility index (Phi) is 5.92. The first-order valence-corrected chi connectivity index (χ1v) is 3.20. The van der Waals surface area contributed by atoms with Gasteiger partial charge < -0.3 is 5.11 Å². The number of nitrogens with one attached hydrogen (secondary N) is 1. The highest BCUT2D eigenvalue weighted by Gasteiger charge is 1.74. The molecule has 0 spiro atoms. The number of phenolic OH excluding ortho intramolecular Hbond substituents is 1. The Bertz CT molecular complexity index is 155. The molecule has 0 aliphatic carbocycles. The van der Waals surface area contributed by atoms with Gasteiger partial charge in [-0.25, -0.2) is 4.84 Å². The standard InChI is InChI=1S/C6H6O.CH4ClN/c7-6-4-2-1-3-5-6;1-3-2/h1-5,7H;3H,1H3. The number of rotatable bonds is 0. The van der Waals surface area contributed by atoms with Crippen molar-refractivity contribution >= 4 is 11.8 Å². The number of benzene rings is 1. The quantitative estimate of drug-likeness (QED) is 0.566. The summed E-state index contributed by atoms with van der Waals surface area (Å²) in [5.41, 5.74) is 0. The highest BCUT2D eigenvalue weighted by molar-refractivity contribution is 6.13. The van der Waals surface area contributed by atoms with Crippen LogP contribution < -0.4 is 4.84 Å². The van der Waals surface area contributed by atoms with Crippen LogP contribution >= 0.6 is 11.8 Å². The van der Waals surface area contributed by atoms with Gasteiger partial charge in [-0.3, -0.25) is 0 Å². The average molecular weight is 160 g/mol. The molecule has 0 saturated carbocycles. The van der Waals surface area contributed by atoms with Crippen molar-refractivity contribution in [1.82, 2.24) is 4.84 Å². The molecular weight excluding hydrogens is 150 g/mol. The number of para-hydroxylation sites is 1. The van der Waals surface area contributed by atoms with Crippen LogP contribution in [0.1, 0.15) is 0 Å². The molecule has 0 aliphatic rings. The zero-order valence-electron chi connectivity index (χ0n) is 5.71. The van der Waals surface area contributed by atoms with E-state index in [-0.39, 0.29) is 0 Å². The summed E-state index contributed by atoms with van der Waals surface area (Å²) >= 11 is 4.75. The van der Waals surface area contributed by atoms with E-state index >= 15 is 0 Å². The SMILES string of the molecule is CNCl.Oc1ccccc1. The fourth-order valence-electron chi connectivity index (χ4n) is 0.428. The summed E-state index contributed by atoms with van der Waals surface area (Å²) in [5.74, 6) is 0.322. The van der Waals surface area contributed by atoms with Crippen LogP contribution in [-0.2, 0) is 0 Å². The second-order valence-electron chi connectivity index (χ2n) is 1.52. The first-order valence-electron chi connectivity index (χ1n) is 2.82. The van der Waals surface area contributed by atoms with Crippen molar-refractivity contribution in [1.29, 1.82) is 0 Å². The van der Waals surface area contributed by atoms with Gasteiger partial charge in [0, 0.05) is 0 Å². The predicted octanol–water partition coefficient (Wildman–Crippen LogP) is 1.75. The van der Waals surface area contributed by atoms with E-state index in [9.17, 15) is 0 Å². The summed E-state index contributed by atoms with van der Waals surface area (Å²) in [5, 5.41) is 8.63. The molecular formula is C7H10ClNO. The number of halogens is 1. The van der Waals surface area contributed by atoms with Crippen molar-refractivity contribution in [3.05, 3.63) is 30.3 Å². The Labute approximate surface area is 65.6 Å². The predicted molar refractivity (Wildman–Crippen MR) is 43.0 cm³/mol. The molecule has 0 aromatic heterocycles. The van der Waals surface area contributed by atoms with Gasteiger partial charge in [-0.2, -0.15) is 0 Å². The molecule has 1 rings (SSSR count). The number of hydrogen-bond donors (Lipinski definition) is 2. The maximum absolute atomic E-state index is 8.63. The van der Waals surface area contributed by atoms with Crippen molar-refractivity contribution in [2.45, 2.75) is 0 Å². The molecule has 0 fully saturated rings.